The van der Waals surface area contributed by atoms with Gasteiger partial charge in [-0.2, -0.15) is 0 Å². The molecule has 4 heteroatoms. The molecule has 0 saturated carbocycles. The van der Waals surface area contributed by atoms with E-state index in [0.717, 1.165) is 25.0 Å². The van der Waals surface area contributed by atoms with E-state index in [2.05, 4.69) is 5.32 Å². The largest absolute Gasteiger partial charge is 0.501 e. The zero-order valence-corrected chi connectivity index (χ0v) is 11.2. The van der Waals surface area contributed by atoms with Crippen LogP contribution in [0.3, 0.4) is 0 Å². The van der Waals surface area contributed by atoms with Crippen molar-refractivity contribution in [1.29, 1.82) is 0 Å². The van der Waals surface area contributed by atoms with E-state index in [-0.39, 0.29) is 6.04 Å². The molecular formula is C13H15Cl2NO. The number of halogens is 2. The predicted molar refractivity (Wildman–Crippen MR) is 71.5 cm³/mol. The van der Waals surface area contributed by atoms with Crippen LogP contribution in [-0.2, 0) is 4.74 Å². The lowest BCUT2D eigenvalue weighted by atomic mass is 9.95. The highest BCUT2D eigenvalue weighted by Crippen LogP contribution is 2.36. The lowest BCUT2D eigenvalue weighted by molar-refractivity contribution is 0.220. The van der Waals surface area contributed by atoms with Crippen molar-refractivity contribution < 1.29 is 4.74 Å². The highest BCUT2D eigenvalue weighted by Gasteiger charge is 2.21. The van der Waals surface area contributed by atoms with Crippen LogP contribution in [0.15, 0.2) is 30.0 Å². The van der Waals surface area contributed by atoms with Crippen LogP contribution in [0.4, 0.5) is 0 Å². The highest BCUT2D eigenvalue weighted by molar-refractivity contribution is 6.36. The third-order valence-corrected chi connectivity index (χ3v) is 3.57. The second kappa shape index (κ2) is 5.76. The highest BCUT2D eigenvalue weighted by atomic mass is 35.5. The second-order valence-corrected chi connectivity index (χ2v) is 4.84. The Hall–Kier alpha value is -0.700. The number of hydrogen-bond acceptors (Lipinski definition) is 2. The minimum Gasteiger partial charge on any atom is -0.501 e. The molecule has 1 aliphatic heterocycles. The number of ether oxygens (including phenoxy) is 1. The summed E-state index contributed by atoms with van der Waals surface area (Å²) in [5.41, 5.74) is 2.11. The van der Waals surface area contributed by atoms with Crippen molar-refractivity contribution in [1.82, 2.24) is 5.32 Å². The van der Waals surface area contributed by atoms with Gasteiger partial charge in [-0.25, -0.2) is 0 Å². The van der Waals surface area contributed by atoms with Crippen molar-refractivity contribution in [3.63, 3.8) is 0 Å². The van der Waals surface area contributed by atoms with Gasteiger partial charge in [-0.1, -0.05) is 29.3 Å². The van der Waals surface area contributed by atoms with Crippen molar-refractivity contribution in [2.24, 2.45) is 0 Å². The average molecular weight is 272 g/mol. The van der Waals surface area contributed by atoms with E-state index in [1.807, 2.05) is 31.5 Å². The van der Waals surface area contributed by atoms with Crippen LogP contribution >= 0.6 is 23.2 Å². The number of nitrogens with one attached hydrogen (secondary N) is 1. The van der Waals surface area contributed by atoms with Crippen LogP contribution < -0.4 is 5.32 Å². The number of hydrogen-bond donors (Lipinski definition) is 1. The maximum absolute atomic E-state index is 6.23. The van der Waals surface area contributed by atoms with Gasteiger partial charge in [0.2, 0.25) is 0 Å². The maximum Gasteiger partial charge on any atom is 0.0876 e. The summed E-state index contributed by atoms with van der Waals surface area (Å²) in [5.74, 6) is 0. The quantitative estimate of drug-likeness (QED) is 0.899. The van der Waals surface area contributed by atoms with E-state index < -0.39 is 0 Å². The second-order valence-electron chi connectivity index (χ2n) is 4.02. The van der Waals surface area contributed by atoms with Gasteiger partial charge in [0.25, 0.3) is 0 Å². The first-order valence-corrected chi connectivity index (χ1v) is 6.41. The summed E-state index contributed by atoms with van der Waals surface area (Å²) < 4.78 is 5.38. The molecule has 0 bridgehead atoms. The summed E-state index contributed by atoms with van der Waals surface area (Å²) >= 11 is 12.5. The van der Waals surface area contributed by atoms with Crippen LogP contribution in [0, 0.1) is 0 Å². The Bertz CT molecular complexity index is 411. The van der Waals surface area contributed by atoms with Gasteiger partial charge in [0.15, 0.2) is 0 Å². The van der Waals surface area contributed by atoms with Crippen LogP contribution in [0.5, 0.6) is 0 Å². The molecule has 2 rings (SSSR count). The van der Waals surface area contributed by atoms with Crippen LogP contribution in [0.25, 0.3) is 0 Å². The zero-order valence-electron chi connectivity index (χ0n) is 9.67. The minimum absolute atomic E-state index is 0.0245. The Morgan fingerprint density at radius 1 is 1.29 bits per heavy atom. The summed E-state index contributed by atoms with van der Waals surface area (Å²) in [6.07, 6.45) is 3.86. The molecule has 0 amide bonds. The van der Waals surface area contributed by atoms with E-state index in [0.29, 0.717) is 10.0 Å². The van der Waals surface area contributed by atoms with Crippen molar-refractivity contribution in [3.05, 3.63) is 45.6 Å². The molecule has 1 aromatic rings. The van der Waals surface area contributed by atoms with Gasteiger partial charge in [0.1, 0.15) is 0 Å². The first kappa shape index (κ1) is 12.7. The fourth-order valence-electron chi connectivity index (χ4n) is 2.10. The summed E-state index contributed by atoms with van der Waals surface area (Å²) in [6, 6.07) is 5.60. The molecule has 0 spiro atoms. The van der Waals surface area contributed by atoms with E-state index in [9.17, 15) is 0 Å². The number of rotatable bonds is 3. The zero-order chi connectivity index (χ0) is 12.3. The average Bonchev–Trinajstić information content (AvgIpc) is 2.35. The van der Waals surface area contributed by atoms with Crippen LogP contribution in [0.2, 0.25) is 10.0 Å². The molecule has 92 valence electrons. The van der Waals surface area contributed by atoms with Crippen molar-refractivity contribution in [3.8, 4) is 0 Å². The van der Waals surface area contributed by atoms with Gasteiger partial charge < -0.3 is 10.1 Å². The van der Waals surface area contributed by atoms with Crippen molar-refractivity contribution in [2.75, 3.05) is 13.7 Å². The molecule has 0 saturated heterocycles. The normalized spacial score (nSPS) is 17.2. The minimum atomic E-state index is 0.0245. The summed E-state index contributed by atoms with van der Waals surface area (Å²) in [6.45, 7) is 0.788. The molecule has 2 nitrogen and oxygen atoms in total. The standard InChI is InChI=1S/C13H15Cl2NO/c1-16-13(9-4-3-7-17-8-9)12-10(14)5-2-6-11(12)15/h2,5-6,8,13,16H,3-4,7H2,1H3. The summed E-state index contributed by atoms with van der Waals surface area (Å²) in [4.78, 5) is 0. The lowest BCUT2D eigenvalue weighted by Gasteiger charge is -2.24. The maximum atomic E-state index is 6.23. The van der Waals surface area contributed by atoms with Crippen molar-refractivity contribution >= 4 is 23.2 Å². The molecular weight excluding hydrogens is 257 g/mol. The first-order chi connectivity index (χ1) is 8.24. The topological polar surface area (TPSA) is 21.3 Å². The molecule has 1 unspecified atom stereocenters. The van der Waals surface area contributed by atoms with E-state index in [4.69, 9.17) is 27.9 Å². The Kier molecular flexibility index (Phi) is 4.32. The molecule has 1 aromatic carbocycles. The smallest absolute Gasteiger partial charge is 0.0876 e. The first-order valence-electron chi connectivity index (χ1n) is 5.65. The molecule has 0 radical (unpaired) electrons. The fraction of sp³-hybridized carbons (Fsp3) is 0.385. The van der Waals surface area contributed by atoms with Gasteiger partial charge >= 0.3 is 0 Å². The van der Waals surface area contributed by atoms with Gasteiger partial charge in [0, 0.05) is 15.6 Å². The number of likely N-dealkylation sites (N-methyl/N-ethyl adjacent to an activating group) is 1. The van der Waals surface area contributed by atoms with Gasteiger partial charge in [-0.15, -0.1) is 0 Å². The fourth-order valence-corrected chi connectivity index (χ4v) is 2.71. The molecule has 0 fully saturated rings. The van der Waals surface area contributed by atoms with E-state index in [1.54, 1.807) is 0 Å². The Morgan fingerprint density at radius 3 is 2.53 bits per heavy atom. The SMILES string of the molecule is CNC(C1=COCCC1)c1c(Cl)cccc1Cl. The molecule has 1 N–H and O–H groups in total. The Labute approximate surface area is 112 Å². The van der Waals surface area contributed by atoms with E-state index >= 15 is 0 Å². The lowest BCUT2D eigenvalue weighted by Crippen LogP contribution is -2.21. The third-order valence-electron chi connectivity index (χ3n) is 2.91. The van der Waals surface area contributed by atoms with Crippen molar-refractivity contribution in [2.45, 2.75) is 18.9 Å². The predicted octanol–water partition coefficient (Wildman–Crippen LogP) is 3.95. The molecule has 1 heterocycles. The van der Waals surface area contributed by atoms with Gasteiger partial charge in [0.05, 0.1) is 18.9 Å². The monoisotopic (exact) mass is 271 g/mol. The molecule has 1 atom stereocenters. The Morgan fingerprint density at radius 2 is 2.00 bits per heavy atom. The molecule has 17 heavy (non-hydrogen) atoms. The molecule has 0 aliphatic carbocycles. The van der Waals surface area contributed by atoms with Gasteiger partial charge in [-0.3, -0.25) is 0 Å². The summed E-state index contributed by atoms with van der Waals surface area (Å²) in [5, 5.41) is 4.62. The van der Waals surface area contributed by atoms with Gasteiger partial charge in [-0.05, 0) is 37.6 Å². The van der Waals surface area contributed by atoms with Crippen LogP contribution in [0.1, 0.15) is 24.4 Å². The number of benzene rings is 1. The van der Waals surface area contributed by atoms with E-state index in [1.165, 1.54) is 5.57 Å². The Balaban J connectivity index is 2.38. The molecule has 1 aliphatic rings. The van der Waals surface area contributed by atoms with Crippen LogP contribution in [-0.4, -0.2) is 13.7 Å². The molecule has 0 aromatic heterocycles. The third kappa shape index (κ3) is 2.76. The summed E-state index contributed by atoms with van der Waals surface area (Å²) in [7, 11) is 1.90.